The molecule has 4 rings (SSSR count). The molecule has 126 valence electrons. The number of aromatic nitrogens is 4. The number of benzene rings is 2. The standard InChI is InChI=1S/C17H14FN5O2/c18-13-5-7-14(8-6-13)19-16(24)17(9-25-10-17)12-3-1-11(2-4-12)15-20-22-23-21-15/h1-8H,9-10H2,(H,19,24)(H,20,21,22,23). The number of hydrogen-bond donors (Lipinski definition) is 2. The van der Waals surface area contributed by atoms with Crippen LogP contribution in [0.15, 0.2) is 48.5 Å². The van der Waals surface area contributed by atoms with Crippen LogP contribution < -0.4 is 5.32 Å². The molecule has 0 radical (unpaired) electrons. The van der Waals surface area contributed by atoms with Crippen LogP contribution in [0, 0.1) is 5.82 Å². The van der Waals surface area contributed by atoms with Crippen molar-refractivity contribution in [2.24, 2.45) is 0 Å². The van der Waals surface area contributed by atoms with Gasteiger partial charge < -0.3 is 10.1 Å². The van der Waals surface area contributed by atoms with E-state index in [1.807, 2.05) is 24.3 Å². The van der Waals surface area contributed by atoms with Gasteiger partial charge in [-0.05, 0) is 35.0 Å². The van der Waals surface area contributed by atoms with Crippen molar-refractivity contribution >= 4 is 11.6 Å². The Bertz CT molecular complexity index is 874. The van der Waals surface area contributed by atoms with Crippen molar-refractivity contribution in [2.75, 3.05) is 18.5 Å². The molecule has 7 nitrogen and oxygen atoms in total. The van der Waals surface area contributed by atoms with Gasteiger partial charge in [-0.3, -0.25) is 4.79 Å². The summed E-state index contributed by atoms with van der Waals surface area (Å²) in [7, 11) is 0. The van der Waals surface area contributed by atoms with Gasteiger partial charge in [0.1, 0.15) is 11.2 Å². The van der Waals surface area contributed by atoms with E-state index in [-0.39, 0.29) is 11.7 Å². The average molecular weight is 339 g/mol. The van der Waals surface area contributed by atoms with Gasteiger partial charge in [-0.2, -0.15) is 5.21 Å². The number of H-pyrrole nitrogens is 1. The summed E-state index contributed by atoms with van der Waals surface area (Å²) in [6.07, 6.45) is 0. The quantitative estimate of drug-likeness (QED) is 0.757. The van der Waals surface area contributed by atoms with E-state index >= 15 is 0 Å². The van der Waals surface area contributed by atoms with Gasteiger partial charge in [0, 0.05) is 11.3 Å². The Kier molecular flexibility index (Phi) is 3.73. The first-order chi connectivity index (χ1) is 12.2. The van der Waals surface area contributed by atoms with Gasteiger partial charge >= 0.3 is 0 Å². The second-order valence-electron chi connectivity index (χ2n) is 5.85. The highest BCUT2D eigenvalue weighted by Gasteiger charge is 2.47. The van der Waals surface area contributed by atoms with Crippen molar-refractivity contribution < 1.29 is 13.9 Å². The third-order valence-corrected chi connectivity index (χ3v) is 4.27. The Balaban J connectivity index is 1.57. The molecule has 1 aromatic heterocycles. The molecule has 0 aliphatic carbocycles. The van der Waals surface area contributed by atoms with Crippen LogP contribution in [0.2, 0.25) is 0 Å². The number of amides is 1. The maximum Gasteiger partial charge on any atom is 0.239 e. The number of carbonyl (C=O) groups is 1. The topological polar surface area (TPSA) is 92.8 Å². The molecule has 1 fully saturated rings. The summed E-state index contributed by atoms with van der Waals surface area (Å²) in [5, 5.41) is 16.6. The van der Waals surface area contributed by atoms with Crippen LogP contribution in [0.25, 0.3) is 11.4 Å². The molecule has 1 saturated heterocycles. The molecule has 25 heavy (non-hydrogen) atoms. The van der Waals surface area contributed by atoms with Crippen LogP contribution in [0.1, 0.15) is 5.56 Å². The monoisotopic (exact) mass is 339 g/mol. The van der Waals surface area contributed by atoms with Crippen LogP contribution >= 0.6 is 0 Å². The molecular weight excluding hydrogens is 325 g/mol. The van der Waals surface area contributed by atoms with Gasteiger partial charge in [0.25, 0.3) is 0 Å². The summed E-state index contributed by atoms with van der Waals surface area (Å²) in [5.41, 5.74) is 1.42. The molecule has 0 unspecified atom stereocenters. The van der Waals surface area contributed by atoms with E-state index in [4.69, 9.17) is 4.74 Å². The van der Waals surface area contributed by atoms with Crippen LogP contribution in [0.4, 0.5) is 10.1 Å². The van der Waals surface area contributed by atoms with E-state index in [0.717, 1.165) is 11.1 Å². The fraction of sp³-hybridized carbons (Fsp3) is 0.176. The van der Waals surface area contributed by atoms with Crippen LogP contribution in [-0.2, 0) is 14.9 Å². The van der Waals surface area contributed by atoms with Gasteiger partial charge in [-0.1, -0.05) is 24.3 Å². The third-order valence-electron chi connectivity index (χ3n) is 4.27. The molecule has 0 atom stereocenters. The minimum atomic E-state index is -0.760. The number of nitrogens with zero attached hydrogens (tertiary/aromatic N) is 3. The zero-order chi connectivity index (χ0) is 17.3. The lowest BCUT2D eigenvalue weighted by Gasteiger charge is -2.40. The zero-order valence-corrected chi connectivity index (χ0v) is 13.1. The van der Waals surface area contributed by atoms with Crippen LogP contribution in [0.3, 0.4) is 0 Å². The fourth-order valence-electron chi connectivity index (χ4n) is 2.74. The van der Waals surface area contributed by atoms with Crippen molar-refractivity contribution in [1.29, 1.82) is 0 Å². The smallest absolute Gasteiger partial charge is 0.239 e. The van der Waals surface area contributed by atoms with Gasteiger partial charge in [0.05, 0.1) is 13.2 Å². The van der Waals surface area contributed by atoms with Crippen molar-refractivity contribution in [3.05, 3.63) is 59.9 Å². The second-order valence-corrected chi connectivity index (χ2v) is 5.85. The van der Waals surface area contributed by atoms with Crippen molar-refractivity contribution in [3.63, 3.8) is 0 Å². The van der Waals surface area contributed by atoms with E-state index < -0.39 is 5.41 Å². The number of aromatic amines is 1. The minimum absolute atomic E-state index is 0.183. The molecule has 0 bridgehead atoms. The minimum Gasteiger partial charge on any atom is -0.378 e. The molecule has 1 aliphatic rings. The molecule has 8 heteroatoms. The fourth-order valence-corrected chi connectivity index (χ4v) is 2.74. The number of carbonyl (C=O) groups excluding carboxylic acids is 1. The summed E-state index contributed by atoms with van der Waals surface area (Å²) >= 11 is 0. The molecule has 0 saturated carbocycles. The first-order valence-electron chi connectivity index (χ1n) is 7.66. The summed E-state index contributed by atoms with van der Waals surface area (Å²) in [6, 6.07) is 13.1. The highest BCUT2D eigenvalue weighted by Crippen LogP contribution is 2.34. The number of tetrazole rings is 1. The molecule has 2 aromatic carbocycles. The van der Waals surface area contributed by atoms with Crippen molar-refractivity contribution in [2.45, 2.75) is 5.41 Å². The predicted octanol–water partition coefficient (Wildman–Crippen LogP) is 1.91. The number of anilines is 1. The number of hydrogen-bond acceptors (Lipinski definition) is 5. The number of ether oxygens (including phenoxy) is 1. The highest BCUT2D eigenvalue weighted by molar-refractivity contribution is 6.00. The first-order valence-corrected chi connectivity index (χ1v) is 7.66. The number of halogens is 1. The third kappa shape index (κ3) is 2.76. The van der Waals surface area contributed by atoms with Crippen molar-refractivity contribution in [1.82, 2.24) is 20.6 Å². The highest BCUT2D eigenvalue weighted by atomic mass is 19.1. The molecular formula is C17H14FN5O2. The number of nitrogens with one attached hydrogen (secondary N) is 2. The Labute approximate surface area is 142 Å². The van der Waals surface area contributed by atoms with Crippen LogP contribution in [-0.4, -0.2) is 39.7 Å². The summed E-state index contributed by atoms with van der Waals surface area (Å²) in [5.74, 6) is -0.0457. The zero-order valence-electron chi connectivity index (χ0n) is 13.1. The molecule has 3 aromatic rings. The van der Waals surface area contributed by atoms with E-state index in [2.05, 4.69) is 25.9 Å². The van der Waals surface area contributed by atoms with E-state index in [0.29, 0.717) is 24.7 Å². The lowest BCUT2D eigenvalue weighted by atomic mass is 9.77. The normalized spacial score (nSPS) is 15.4. The van der Waals surface area contributed by atoms with Gasteiger partial charge in [0.15, 0.2) is 0 Å². The molecule has 1 aliphatic heterocycles. The predicted molar refractivity (Wildman–Crippen MR) is 87.1 cm³/mol. The van der Waals surface area contributed by atoms with Crippen LogP contribution in [0.5, 0.6) is 0 Å². The largest absolute Gasteiger partial charge is 0.378 e. The summed E-state index contributed by atoms with van der Waals surface area (Å²) in [6.45, 7) is 0.586. The number of rotatable bonds is 4. The van der Waals surface area contributed by atoms with E-state index in [9.17, 15) is 9.18 Å². The Hall–Kier alpha value is -3.13. The molecule has 2 heterocycles. The Morgan fingerprint density at radius 3 is 2.40 bits per heavy atom. The summed E-state index contributed by atoms with van der Waals surface area (Å²) in [4.78, 5) is 12.8. The summed E-state index contributed by atoms with van der Waals surface area (Å²) < 4.78 is 18.3. The van der Waals surface area contributed by atoms with Crippen molar-refractivity contribution in [3.8, 4) is 11.4 Å². The maximum absolute atomic E-state index is 13.0. The average Bonchev–Trinajstić information content (AvgIpc) is 3.11. The SMILES string of the molecule is O=C(Nc1ccc(F)cc1)C1(c2ccc(-c3nn[nH]n3)cc2)COC1. The van der Waals surface area contributed by atoms with E-state index in [1.54, 1.807) is 0 Å². The Morgan fingerprint density at radius 1 is 1.12 bits per heavy atom. The van der Waals surface area contributed by atoms with Gasteiger partial charge in [-0.15, -0.1) is 10.2 Å². The van der Waals surface area contributed by atoms with Gasteiger partial charge in [-0.25, -0.2) is 4.39 Å². The molecule has 1 amide bonds. The molecule has 2 N–H and O–H groups in total. The maximum atomic E-state index is 13.0. The lowest BCUT2D eigenvalue weighted by Crippen LogP contribution is -2.55. The Morgan fingerprint density at radius 2 is 1.84 bits per heavy atom. The lowest BCUT2D eigenvalue weighted by molar-refractivity contribution is -0.139. The first kappa shape index (κ1) is 15.4. The van der Waals surface area contributed by atoms with Gasteiger partial charge in [0.2, 0.25) is 11.7 Å². The second kappa shape index (κ2) is 6.06. The molecule has 0 spiro atoms. The van der Waals surface area contributed by atoms with E-state index in [1.165, 1.54) is 24.3 Å².